The first-order chi connectivity index (χ1) is 13.5. The van der Waals surface area contributed by atoms with E-state index in [-0.39, 0.29) is 24.3 Å². The van der Waals surface area contributed by atoms with Crippen LogP contribution in [-0.4, -0.2) is 32.5 Å². The number of thioether (sulfide) groups is 1. The van der Waals surface area contributed by atoms with Crippen molar-refractivity contribution in [2.24, 2.45) is 0 Å². The number of benzene rings is 1. The molecule has 0 saturated heterocycles. The zero-order valence-corrected chi connectivity index (χ0v) is 17.2. The molecule has 0 unspecified atom stereocenters. The predicted octanol–water partition coefficient (Wildman–Crippen LogP) is 3.77. The highest BCUT2D eigenvalue weighted by atomic mass is 35.5. The Morgan fingerprint density at radius 2 is 2.07 bits per heavy atom. The normalized spacial score (nSPS) is 11.0. The van der Waals surface area contributed by atoms with Crippen molar-refractivity contribution in [1.29, 1.82) is 0 Å². The molecule has 1 aromatic carbocycles. The Labute approximate surface area is 172 Å². The van der Waals surface area contributed by atoms with Gasteiger partial charge in [0.1, 0.15) is 18.1 Å². The largest absolute Gasteiger partial charge is 0.486 e. The predicted molar refractivity (Wildman–Crippen MR) is 108 cm³/mol. The molecule has 0 bridgehead atoms. The van der Waals surface area contributed by atoms with Gasteiger partial charge in [0.2, 0.25) is 5.91 Å². The van der Waals surface area contributed by atoms with E-state index in [4.69, 9.17) is 20.8 Å². The van der Waals surface area contributed by atoms with Crippen LogP contribution in [0.5, 0.6) is 5.75 Å². The summed E-state index contributed by atoms with van der Waals surface area (Å²) in [5.74, 6) is 2.29. The molecular weight excluding hydrogens is 400 g/mol. The monoisotopic (exact) mass is 420 g/mol. The Bertz CT molecular complexity index is 895. The number of carbonyl (C=O) groups is 1. The van der Waals surface area contributed by atoms with Gasteiger partial charge in [-0.2, -0.15) is 0 Å². The molecule has 0 aliphatic carbocycles. The fourth-order valence-electron chi connectivity index (χ4n) is 2.42. The lowest BCUT2D eigenvalue weighted by Gasteiger charge is -2.11. The summed E-state index contributed by atoms with van der Waals surface area (Å²) in [6, 6.07) is 10.9. The third kappa shape index (κ3) is 5.77. The molecule has 0 saturated carbocycles. The quantitative estimate of drug-likeness (QED) is 0.530. The van der Waals surface area contributed by atoms with Gasteiger partial charge in [0.15, 0.2) is 11.0 Å². The Morgan fingerprint density at radius 3 is 2.75 bits per heavy atom. The molecule has 148 valence electrons. The van der Waals surface area contributed by atoms with Crippen molar-refractivity contribution >= 4 is 29.3 Å². The Morgan fingerprint density at radius 1 is 1.29 bits per heavy atom. The lowest BCUT2D eigenvalue weighted by Crippen LogP contribution is -2.31. The van der Waals surface area contributed by atoms with E-state index in [0.717, 1.165) is 5.76 Å². The van der Waals surface area contributed by atoms with E-state index in [2.05, 4.69) is 15.5 Å². The first kappa shape index (κ1) is 20.3. The molecule has 0 aliphatic heterocycles. The van der Waals surface area contributed by atoms with Crippen molar-refractivity contribution in [3.05, 3.63) is 59.3 Å². The second-order valence-corrected chi connectivity index (χ2v) is 7.70. The van der Waals surface area contributed by atoms with E-state index in [1.165, 1.54) is 11.8 Å². The molecule has 7 nitrogen and oxygen atoms in total. The van der Waals surface area contributed by atoms with E-state index in [1.54, 1.807) is 30.5 Å². The average molecular weight is 421 g/mol. The summed E-state index contributed by atoms with van der Waals surface area (Å²) in [6.45, 7) is 4.53. The van der Waals surface area contributed by atoms with Gasteiger partial charge in [0, 0.05) is 11.1 Å². The van der Waals surface area contributed by atoms with Crippen molar-refractivity contribution in [3.63, 3.8) is 0 Å². The maximum Gasteiger partial charge on any atom is 0.230 e. The SMILES string of the molecule is CC(C)NC(=O)CSc1nnc(COc2ccc(Cl)cc2)n1Cc1ccco1. The number of furan rings is 1. The summed E-state index contributed by atoms with van der Waals surface area (Å²) in [4.78, 5) is 12.0. The second-order valence-electron chi connectivity index (χ2n) is 6.32. The summed E-state index contributed by atoms with van der Waals surface area (Å²) >= 11 is 7.23. The van der Waals surface area contributed by atoms with Gasteiger partial charge >= 0.3 is 0 Å². The summed E-state index contributed by atoms with van der Waals surface area (Å²) in [6.07, 6.45) is 1.62. The summed E-state index contributed by atoms with van der Waals surface area (Å²) in [5, 5.41) is 12.6. The molecule has 0 atom stereocenters. The van der Waals surface area contributed by atoms with Crippen molar-refractivity contribution in [3.8, 4) is 5.75 Å². The molecule has 28 heavy (non-hydrogen) atoms. The zero-order valence-electron chi connectivity index (χ0n) is 15.6. The minimum absolute atomic E-state index is 0.0495. The van der Waals surface area contributed by atoms with Gasteiger partial charge in [0.25, 0.3) is 0 Å². The molecule has 3 rings (SSSR count). The van der Waals surface area contributed by atoms with Crippen molar-refractivity contribution in [2.75, 3.05) is 5.75 Å². The van der Waals surface area contributed by atoms with Crippen LogP contribution in [0.3, 0.4) is 0 Å². The number of hydrogen-bond acceptors (Lipinski definition) is 6. The zero-order chi connectivity index (χ0) is 19.9. The fraction of sp³-hybridized carbons (Fsp3) is 0.316. The minimum Gasteiger partial charge on any atom is -0.486 e. The summed E-state index contributed by atoms with van der Waals surface area (Å²) in [7, 11) is 0. The van der Waals surface area contributed by atoms with E-state index in [1.807, 2.05) is 30.5 Å². The molecular formula is C19H21ClN4O3S. The van der Waals surface area contributed by atoms with Gasteiger partial charge in [-0.25, -0.2) is 0 Å². The molecule has 2 heterocycles. The van der Waals surface area contributed by atoms with Crippen molar-refractivity contribution in [1.82, 2.24) is 20.1 Å². The van der Waals surface area contributed by atoms with E-state index >= 15 is 0 Å². The molecule has 0 radical (unpaired) electrons. The lowest BCUT2D eigenvalue weighted by atomic mass is 10.3. The first-order valence-corrected chi connectivity index (χ1v) is 10.1. The third-order valence-corrected chi connectivity index (χ3v) is 4.87. The molecule has 1 N–H and O–H groups in total. The van der Waals surface area contributed by atoms with Crippen LogP contribution in [0.2, 0.25) is 5.02 Å². The summed E-state index contributed by atoms with van der Waals surface area (Å²) < 4.78 is 13.1. The van der Waals surface area contributed by atoms with Gasteiger partial charge < -0.3 is 14.5 Å². The number of rotatable bonds is 9. The number of aromatic nitrogens is 3. The Hall–Kier alpha value is -2.45. The molecule has 9 heteroatoms. The highest BCUT2D eigenvalue weighted by molar-refractivity contribution is 7.99. The van der Waals surface area contributed by atoms with Crippen molar-refractivity contribution < 1.29 is 13.9 Å². The van der Waals surface area contributed by atoms with Crippen LogP contribution in [0.4, 0.5) is 0 Å². The van der Waals surface area contributed by atoms with Gasteiger partial charge in [-0.1, -0.05) is 23.4 Å². The van der Waals surface area contributed by atoms with Crippen LogP contribution < -0.4 is 10.1 Å². The third-order valence-electron chi connectivity index (χ3n) is 3.65. The number of halogens is 1. The topological polar surface area (TPSA) is 82.2 Å². The van der Waals surface area contributed by atoms with E-state index in [9.17, 15) is 4.79 Å². The molecule has 0 fully saturated rings. The maximum atomic E-state index is 12.0. The minimum atomic E-state index is -0.0495. The Kier molecular flexibility index (Phi) is 7.00. The molecule has 3 aromatic rings. The number of ether oxygens (including phenoxy) is 1. The van der Waals surface area contributed by atoms with Crippen LogP contribution in [0.1, 0.15) is 25.4 Å². The fourth-order valence-corrected chi connectivity index (χ4v) is 3.32. The van der Waals surface area contributed by atoms with Crippen LogP contribution in [0.15, 0.2) is 52.2 Å². The van der Waals surface area contributed by atoms with Gasteiger partial charge in [-0.3, -0.25) is 9.36 Å². The van der Waals surface area contributed by atoms with E-state index in [0.29, 0.717) is 28.3 Å². The van der Waals surface area contributed by atoms with Crippen LogP contribution >= 0.6 is 23.4 Å². The highest BCUT2D eigenvalue weighted by Gasteiger charge is 2.16. The van der Waals surface area contributed by atoms with Gasteiger partial charge in [-0.15, -0.1) is 10.2 Å². The molecule has 1 amide bonds. The average Bonchev–Trinajstić information content (AvgIpc) is 3.30. The van der Waals surface area contributed by atoms with E-state index < -0.39 is 0 Å². The number of nitrogens with one attached hydrogen (secondary N) is 1. The van der Waals surface area contributed by atoms with Gasteiger partial charge in [-0.05, 0) is 50.2 Å². The molecule has 2 aromatic heterocycles. The first-order valence-electron chi connectivity index (χ1n) is 8.76. The second kappa shape index (κ2) is 9.66. The van der Waals surface area contributed by atoms with Crippen molar-refractivity contribution in [2.45, 2.75) is 38.2 Å². The Balaban J connectivity index is 1.72. The summed E-state index contributed by atoms with van der Waals surface area (Å²) in [5.41, 5.74) is 0. The molecule has 0 aliphatic rings. The standard InChI is InChI=1S/C19H21ClN4O3S/c1-13(2)21-18(25)12-28-19-23-22-17(24(19)10-16-4-3-9-26-16)11-27-15-7-5-14(20)6-8-15/h3-9,13H,10-12H2,1-2H3,(H,21,25). The number of amides is 1. The van der Waals surface area contributed by atoms with Crippen LogP contribution in [-0.2, 0) is 17.9 Å². The number of carbonyl (C=O) groups excluding carboxylic acids is 1. The highest BCUT2D eigenvalue weighted by Crippen LogP contribution is 2.21. The maximum absolute atomic E-state index is 12.0. The smallest absolute Gasteiger partial charge is 0.230 e. The number of nitrogens with zero attached hydrogens (tertiary/aromatic N) is 3. The van der Waals surface area contributed by atoms with Crippen LogP contribution in [0.25, 0.3) is 0 Å². The molecule has 0 spiro atoms. The lowest BCUT2D eigenvalue weighted by molar-refractivity contribution is -0.119. The van der Waals surface area contributed by atoms with Crippen LogP contribution in [0, 0.1) is 0 Å². The van der Waals surface area contributed by atoms with Gasteiger partial charge in [0.05, 0.1) is 18.6 Å². The number of hydrogen-bond donors (Lipinski definition) is 1.